The van der Waals surface area contributed by atoms with Crippen LogP contribution < -0.4 is 9.64 Å². The second-order valence-electron chi connectivity index (χ2n) is 5.49. The van der Waals surface area contributed by atoms with E-state index in [1.165, 1.54) is 17.0 Å². The zero-order chi connectivity index (χ0) is 16.2. The average molecular weight is 395 g/mol. The molecule has 0 saturated carbocycles. The molecule has 1 aromatic heterocycles. The van der Waals surface area contributed by atoms with E-state index in [0.29, 0.717) is 6.54 Å². The van der Waals surface area contributed by atoms with Crippen LogP contribution in [0.5, 0.6) is 5.75 Å². The Kier molecular flexibility index (Phi) is 5.35. The maximum atomic E-state index is 12.3. The van der Waals surface area contributed by atoms with Gasteiger partial charge >= 0.3 is 0 Å². The number of methoxy groups -OCH3 is 1. The number of piperazine rings is 1. The van der Waals surface area contributed by atoms with Crippen molar-refractivity contribution < 1.29 is 9.53 Å². The summed E-state index contributed by atoms with van der Waals surface area (Å²) in [6.07, 6.45) is 0. The lowest BCUT2D eigenvalue weighted by Gasteiger charge is -2.35. The van der Waals surface area contributed by atoms with Crippen LogP contribution >= 0.6 is 27.3 Å². The van der Waals surface area contributed by atoms with Crippen LogP contribution in [0.15, 0.2) is 40.2 Å². The maximum absolute atomic E-state index is 12.3. The predicted molar refractivity (Wildman–Crippen MR) is 98.0 cm³/mol. The molecule has 0 N–H and O–H groups in total. The average Bonchev–Trinajstić information content (AvgIpc) is 3.02. The van der Waals surface area contributed by atoms with E-state index in [-0.39, 0.29) is 5.78 Å². The first-order valence-electron chi connectivity index (χ1n) is 7.55. The van der Waals surface area contributed by atoms with Crippen LogP contribution in [-0.2, 0) is 0 Å². The number of anilines is 1. The smallest absolute Gasteiger partial charge is 0.186 e. The molecular weight excluding hydrogens is 376 g/mol. The van der Waals surface area contributed by atoms with Gasteiger partial charge in [-0.15, -0.1) is 11.3 Å². The first-order chi connectivity index (χ1) is 11.2. The van der Waals surface area contributed by atoms with Crippen LogP contribution in [0, 0.1) is 0 Å². The lowest BCUT2D eigenvalue weighted by Crippen LogP contribution is -2.47. The highest BCUT2D eigenvalue weighted by molar-refractivity contribution is 9.11. The van der Waals surface area contributed by atoms with Gasteiger partial charge in [0.2, 0.25) is 0 Å². The summed E-state index contributed by atoms with van der Waals surface area (Å²) >= 11 is 4.91. The van der Waals surface area contributed by atoms with Crippen molar-refractivity contribution in [2.24, 2.45) is 0 Å². The topological polar surface area (TPSA) is 32.8 Å². The van der Waals surface area contributed by atoms with Gasteiger partial charge in [-0.25, -0.2) is 0 Å². The number of hydrogen-bond donors (Lipinski definition) is 0. The van der Waals surface area contributed by atoms with Gasteiger partial charge in [-0.3, -0.25) is 9.69 Å². The van der Waals surface area contributed by atoms with Gasteiger partial charge < -0.3 is 9.64 Å². The quantitative estimate of drug-likeness (QED) is 0.726. The molecule has 23 heavy (non-hydrogen) atoms. The summed E-state index contributed by atoms with van der Waals surface area (Å²) in [5.41, 5.74) is 1.21. The fourth-order valence-electron chi connectivity index (χ4n) is 2.70. The number of nitrogens with zero attached hydrogens (tertiary/aromatic N) is 2. The molecule has 0 atom stereocenters. The Bertz CT molecular complexity index is 663. The molecule has 1 fully saturated rings. The molecule has 2 heterocycles. The summed E-state index contributed by atoms with van der Waals surface area (Å²) in [6.45, 7) is 4.19. The van der Waals surface area contributed by atoms with Crippen molar-refractivity contribution in [2.75, 3.05) is 44.7 Å². The number of Topliss-reactive ketones (excluding diaryl/α,β-unsaturated/α-hetero) is 1. The van der Waals surface area contributed by atoms with Crippen molar-refractivity contribution >= 4 is 38.7 Å². The standard InChI is InChI=1S/C17H19BrN2O2S/c1-22-14-4-2-13(3-5-14)20-10-8-19(9-11-20)12-15(21)16-6-7-17(18)23-16/h2-7H,8-12H2,1H3. The van der Waals surface area contributed by atoms with E-state index >= 15 is 0 Å². The molecule has 6 heteroatoms. The van der Waals surface area contributed by atoms with Crippen molar-refractivity contribution in [3.8, 4) is 5.75 Å². The number of carbonyl (C=O) groups excluding carboxylic acids is 1. The maximum Gasteiger partial charge on any atom is 0.186 e. The Labute approximate surface area is 148 Å². The summed E-state index contributed by atoms with van der Waals surface area (Å²) in [4.78, 5) is 17.7. The Morgan fingerprint density at radius 3 is 2.39 bits per heavy atom. The lowest BCUT2D eigenvalue weighted by atomic mass is 10.2. The number of ketones is 1. The van der Waals surface area contributed by atoms with Crippen LogP contribution in [0.1, 0.15) is 9.67 Å². The van der Waals surface area contributed by atoms with Crippen molar-refractivity contribution in [1.29, 1.82) is 0 Å². The first-order valence-corrected chi connectivity index (χ1v) is 9.16. The Hall–Kier alpha value is -1.37. The number of rotatable bonds is 5. The number of carbonyl (C=O) groups is 1. The number of hydrogen-bond acceptors (Lipinski definition) is 5. The van der Waals surface area contributed by atoms with Crippen LogP contribution in [0.3, 0.4) is 0 Å². The van der Waals surface area contributed by atoms with Gasteiger partial charge in [0.15, 0.2) is 5.78 Å². The van der Waals surface area contributed by atoms with E-state index < -0.39 is 0 Å². The first kappa shape index (κ1) is 16.5. The predicted octanol–water partition coefficient (Wildman–Crippen LogP) is 3.52. The van der Waals surface area contributed by atoms with Crippen LogP contribution in [0.4, 0.5) is 5.69 Å². The van der Waals surface area contributed by atoms with Crippen LogP contribution in [0.2, 0.25) is 0 Å². The van der Waals surface area contributed by atoms with Crippen molar-refractivity contribution in [3.63, 3.8) is 0 Å². The zero-order valence-corrected chi connectivity index (χ0v) is 15.4. The highest BCUT2D eigenvalue weighted by Crippen LogP contribution is 2.23. The molecule has 0 amide bonds. The molecular formula is C17H19BrN2O2S. The monoisotopic (exact) mass is 394 g/mol. The number of benzene rings is 1. The third kappa shape index (κ3) is 4.13. The minimum absolute atomic E-state index is 0.207. The molecule has 4 nitrogen and oxygen atoms in total. The summed E-state index contributed by atoms with van der Waals surface area (Å²) < 4.78 is 6.20. The van der Waals surface area contributed by atoms with Gasteiger partial charge in [-0.2, -0.15) is 0 Å². The Morgan fingerprint density at radius 2 is 1.83 bits per heavy atom. The highest BCUT2D eigenvalue weighted by atomic mass is 79.9. The van der Waals surface area contributed by atoms with Gasteiger partial charge in [0, 0.05) is 31.9 Å². The molecule has 1 aliphatic heterocycles. The fraction of sp³-hybridized carbons (Fsp3) is 0.353. The van der Waals surface area contributed by atoms with Crippen LogP contribution in [-0.4, -0.2) is 50.5 Å². The zero-order valence-electron chi connectivity index (χ0n) is 13.0. The lowest BCUT2D eigenvalue weighted by molar-refractivity contribution is 0.0930. The second-order valence-corrected chi connectivity index (χ2v) is 7.95. The van der Waals surface area contributed by atoms with Gasteiger partial charge in [-0.1, -0.05) is 0 Å². The third-order valence-electron chi connectivity index (χ3n) is 4.03. The highest BCUT2D eigenvalue weighted by Gasteiger charge is 2.20. The van der Waals surface area contributed by atoms with E-state index in [1.54, 1.807) is 7.11 Å². The molecule has 122 valence electrons. The molecule has 1 aliphatic rings. The molecule has 0 spiro atoms. The molecule has 2 aromatic rings. The normalized spacial score (nSPS) is 15.7. The number of ether oxygens (including phenoxy) is 1. The van der Waals surface area contributed by atoms with E-state index in [0.717, 1.165) is 40.6 Å². The number of thiophene rings is 1. The Morgan fingerprint density at radius 1 is 1.13 bits per heavy atom. The molecule has 0 aliphatic carbocycles. The molecule has 0 radical (unpaired) electrons. The van der Waals surface area contributed by atoms with Gasteiger partial charge in [0.25, 0.3) is 0 Å². The SMILES string of the molecule is COc1ccc(N2CCN(CC(=O)c3ccc(Br)s3)CC2)cc1. The fourth-order valence-corrected chi connectivity index (χ4v) is 4.02. The largest absolute Gasteiger partial charge is 0.497 e. The summed E-state index contributed by atoms with van der Waals surface area (Å²) in [5.74, 6) is 1.08. The van der Waals surface area contributed by atoms with Crippen molar-refractivity contribution in [2.45, 2.75) is 0 Å². The Balaban J connectivity index is 1.52. The molecule has 3 rings (SSSR count). The van der Waals surface area contributed by atoms with E-state index in [9.17, 15) is 4.79 Å². The van der Waals surface area contributed by atoms with Gasteiger partial charge in [-0.05, 0) is 52.3 Å². The second kappa shape index (κ2) is 7.47. The van der Waals surface area contributed by atoms with E-state index in [4.69, 9.17) is 4.74 Å². The van der Waals surface area contributed by atoms with E-state index in [2.05, 4.69) is 37.9 Å². The number of halogens is 1. The summed E-state index contributed by atoms with van der Waals surface area (Å²) in [7, 11) is 1.68. The van der Waals surface area contributed by atoms with Gasteiger partial charge in [0.05, 0.1) is 22.3 Å². The summed E-state index contributed by atoms with van der Waals surface area (Å²) in [5, 5.41) is 0. The van der Waals surface area contributed by atoms with E-state index in [1.807, 2.05) is 24.3 Å². The minimum Gasteiger partial charge on any atom is -0.497 e. The molecule has 0 unspecified atom stereocenters. The van der Waals surface area contributed by atoms with Crippen molar-refractivity contribution in [3.05, 3.63) is 45.1 Å². The van der Waals surface area contributed by atoms with Crippen molar-refractivity contribution in [1.82, 2.24) is 4.90 Å². The minimum atomic E-state index is 0.207. The molecule has 1 saturated heterocycles. The van der Waals surface area contributed by atoms with Crippen LogP contribution in [0.25, 0.3) is 0 Å². The third-order valence-corrected chi connectivity index (χ3v) is 5.69. The molecule has 0 bridgehead atoms. The summed E-state index contributed by atoms with van der Waals surface area (Å²) in [6, 6.07) is 12.0. The molecule has 1 aromatic carbocycles. The van der Waals surface area contributed by atoms with Gasteiger partial charge in [0.1, 0.15) is 5.75 Å².